The van der Waals surface area contributed by atoms with E-state index in [1.165, 1.54) is 83.1 Å². The molecule has 100 heavy (non-hydrogen) atoms. The van der Waals surface area contributed by atoms with Gasteiger partial charge in [0.25, 0.3) is 29.1 Å². The van der Waals surface area contributed by atoms with Crippen LogP contribution in [0.4, 0.5) is 72.0 Å². The number of carbonyl (C=O) groups excluding carboxylic acids is 2. The minimum absolute atomic E-state index is 0.00673. The van der Waals surface area contributed by atoms with E-state index in [0.29, 0.717) is 43.1 Å². The molecule has 3 aromatic heterocycles. The lowest BCUT2D eigenvalue weighted by Crippen LogP contribution is -2.54. The second kappa shape index (κ2) is 32.6. The summed E-state index contributed by atoms with van der Waals surface area (Å²) in [4.78, 5) is 27.3. The van der Waals surface area contributed by atoms with Crippen LogP contribution in [0.3, 0.4) is 0 Å². The number of piperazine rings is 3. The summed E-state index contributed by atoms with van der Waals surface area (Å²) < 4.78 is 192. The highest BCUT2D eigenvalue weighted by Crippen LogP contribution is 2.42. The number of rotatable bonds is 13. The third-order valence-electron chi connectivity index (χ3n) is 14.9. The lowest BCUT2D eigenvalue weighted by Gasteiger charge is -2.39. The van der Waals surface area contributed by atoms with E-state index >= 15 is 0 Å². The van der Waals surface area contributed by atoms with Gasteiger partial charge in [-0.3, -0.25) is 9.59 Å². The number of hydrogen-bond acceptors (Lipinski definition) is 25. The van der Waals surface area contributed by atoms with Crippen molar-refractivity contribution in [2.45, 2.75) is 122 Å². The summed E-state index contributed by atoms with van der Waals surface area (Å²) in [5.41, 5.74) is -2.22. The molecule has 8 N–H and O–H groups in total. The molecule has 0 spiro atoms. The van der Waals surface area contributed by atoms with E-state index in [0.717, 1.165) is 48.4 Å². The second-order valence-corrected chi connectivity index (χ2v) is 32.0. The third kappa shape index (κ3) is 19.9. The number of carbonyl (C=O) groups is 2. The maximum Gasteiger partial charge on any atom is 0.421 e. The van der Waals surface area contributed by atoms with Crippen LogP contribution in [0.25, 0.3) is 0 Å². The van der Waals surface area contributed by atoms with E-state index in [1.54, 1.807) is 37.8 Å². The number of benzene rings is 3. The molecule has 2 amide bonds. The Hall–Kier alpha value is -7.57. The molecule has 3 fully saturated rings. The van der Waals surface area contributed by atoms with Crippen molar-refractivity contribution in [2.75, 3.05) is 90.0 Å². The summed E-state index contributed by atoms with van der Waals surface area (Å²) in [6.45, 7) is 12.6. The fourth-order valence-electron chi connectivity index (χ4n) is 9.45. The van der Waals surface area contributed by atoms with Gasteiger partial charge < -0.3 is 51.7 Å². The SMILES string of the molecule is CC#CC1CN(S(=O)(=O)c2nnc(N)s2)CCN1c1ccc(C(C)(O)C(F)(F)F)cc1.CC#CC1CN(S(=O)(=O)c2nnc(NC(C)=O)s2)CCN1c1ccc(C(C)(O)C(F)(F)F)cc1.CC#CC1CNCCN1c1ccc(C(C)(O)C(F)(F)F)cc1.CC(=O)Nc1nnc(S(=O)(=O)Cl)s1. The second-order valence-electron chi connectivity index (χ2n) is 22.0. The lowest BCUT2D eigenvalue weighted by atomic mass is 9.95. The zero-order valence-electron chi connectivity index (χ0n) is 53.9. The summed E-state index contributed by atoms with van der Waals surface area (Å²) >= 11 is 2.19. The van der Waals surface area contributed by atoms with E-state index < -0.39 is 82.4 Å². The molecule has 42 heteroatoms. The van der Waals surface area contributed by atoms with Crippen LogP contribution in [0.5, 0.6) is 0 Å². The Labute approximate surface area is 585 Å². The molecule has 0 saturated carbocycles. The maximum absolute atomic E-state index is 13.1. The van der Waals surface area contributed by atoms with E-state index in [-0.39, 0.29) is 96.3 Å². The molecule has 6 aromatic rings. The Morgan fingerprint density at radius 2 is 0.840 bits per heavy atom. The van der Waals surface area contributed by atoms with Crippen molar-refractivity contribution in [2.24, 2.45) is 0 Å². The van der Waals surface area contributed by atoms with Gasteiger partial charge in [-0.15, -0.1) is 48.4 Å². The molecule has 544 valence electrons. The van der Waals surface area contributed by atoms with Crippen molar-refractivity contribution in [3.05, 3.63) is 89.5 Å². The van der Waals surface area contributed by atoms with Gasteiger partial charge in [-0.1, -0.05) is 88.2 Å². The summed E-state index contributed by atoms with van der Waals surface area (Å²) in [7, 11) is -6.77. The van der Waals surface area contributed by atoms with Crippen molar-refractivity contribution in [3.63, 3.8) is 0 Å². The fraction of sp³-hybridized carbons (Fsp3) is 0.448. The summed E-state index contributed by atoms with van der Waals surface area (Å²) in [5, 5.41) is 58.7. The minimum Gasteiger partial charge on any atom is -0.376 e. The number of sulfonamides is 2. The Bertz CT molecular complexity index is 4400. The third-order valence-corrected chi connectivity index (χ3v) is 23.7. The first-order valence-corrected chi connectivity index (χ1v) is 36.7. The zero-order chi connectivity index (χ0) is 74.8. The standard InChI is InChI=1S/C20H22F3N5O4S2.C18H20F3N5O3S2.C16H19F3N2O.C4H4ClN3O3S2/c1-4-5-16-12-27(34(31,32)18-26-25-17(33-18)24-13(2)29)10-11-28(16)15-8-6-14(7-9-15)19(3,30)20(21,22)23;1-3-4-14-11-25(31(28,29)16-24-23-15(22)30-16)9-10-26(14)13-7-5-12(6-8-13)17(2,27)18(19,20)21;1-3-4-14-11-20-9-10-21(14)13-7-5-12(6-8-13)15(2,22)16(17,18)19;1-2(9)6-3-7-8-4(12-3)13(5,10)11/h6-9,16,30H,10-12H2,1-3H3,(H,24,25,29);5-8,14,27H,9-11H2,1-2H3,(H2,22,23);5-8,14,20,22H,9-11H2,1-2H3;1H3,(H,6,7,9). The number of nitrogen functional groups attached to an aromatic ring is 1. The molecule has 9 rings (SSSR count). The van der Waals surface area contributed by atoms with Gasteiger partial charge in [-0.05, 0) is 94.6 Å². The first kappa shape index (κ1) is 81.4. The van der Waals surface area contributed by atoms with Gasteiger partial charge in [0.15, 0.2) is 16.8 Å². The van der Waals surface area contributed by atoms with Crippen molar-refractivity contribution in [1.29, 1.82) is 0 Å². The highest BCUT2D eigenvalue weighted by molar-refractivity contribution is 8.15. The zero-order valence-corrected chi connectivity index (χ0v) is 59.5. The molecule has 6 unspecified atom stereocenters. The fourth-order valence-corrected chi connectivity index (χ4v) is 16.0. The minimum atomic E-state index is -4.84. The highest BCUT2D eigenvalue weighted by Gasteiger charge is 2.53. The molecule has 6 heterocycles. The molecule has 26 nitrogen and oxygen atoms in total. The molecule has 3 saturated heterocycles. The van der Waals surface area contributed by atoms with Crippen molar-refractivity contribution in [1.82, 2.24) is 44.5 Å². The molecule has 3 aromatic carbocycles. The summed E-state index contributed by atoms with van der Waals surface area (Å²) in [5.74, 6) is 16.6. The maximum atomic E-state index is 13.1. The van der Waals surface area contributed by atoms with E-state index in [9.17, 15) is 89.7 Å². The Morgan fingerprint density at radius 3 is 1.15 bits per heavy atom. The number of halogens is 10. The van der Waals surface area contributed by atoms with Crippen LogP contribution in [-0.2, 0) is 55.5 Å². The molecular formula is C58H65ClF9N15O11S6. The van der Waals surface area contributed by atoms with Gasteiger partial charge in [-0.25, -0.2) is 25.3 Å². The quantitative estimate of drug-likeness (QED) is 0.0275. The number of amides is 2. The van der Waals surface area contributed by atoms with Crippen LogP contribution >= 0.6 is 44.7 Å². The Morgan fingerprint density at radius 1 is 0.520 bits per heavy atom. The largest absolute Gasteiger partial charge is 0.421 e. The normalized spacial score (nSPS) is 19.0. The van der Waals surface area contributed by atoms with Crippen molar-refractivity contribution in [3.8, 4) is 35.5 Å². The van der Waals surface area contributed by atoms with Crippen LogP contribution < -0.4 is 36.4 Å². The van der Waals surface area contributed by atoms with Gasteiger partial charge in [0.2, 0.25) is 40.2 Å². The average molecular weight is 1550 g/mol. The predicted octanol–water partition coefficient (Wildman–Crippen LogP) is 6.64. The summed E-state index contributed by atoms with van der Waals surface area (Å²) in [6.07, 6.45) is -14.4. The number of anilines is 6. The summed E-state index contributed by atoms with van der Waals surface area (Å²) in [6, 6.07) is 15.3. The van der Waals surface area contributed by atoms with Gasteiger partial charge >= 0.3 is 18.5 Å². The Balaban J connectivity index is 0.000000220. The molecule has 6 atom stereocenters. The molecule has 0 radical (unpaired) electrons. The Kier molecular flexibility index (Phi) is 26.5. The van der Waals surface area contributed by atoms with E-state index in [1.807, 2.05) is 4.90 Å². The number of aliphatic hydroxyl groups is 3. The van der Waals surface area contributed by atoms with Crippen molar-refractivity contribution >= 4 is 118 Å². The van der Waals surface area contributed by atoms with Crippen LogP contribution in [0.1, 0.15) is 72.1 Å². The monoisotopic (exact) mass is 1550 g/mol. The highest BCUT2D eigenvalue weighted by atomic mass is 35.7. The number of nitrogens with zero attached hydrogens (tertiary/aromatic N) is 11. The first-order valence-electron chi connectivity index (χ1n) is 29.0. The number of hydrogen-bond donors (Lipinski definition) is 7. The predicted molar refractivity (Wildman–Crippen MR) is 356 cm³/mol. The molecule has 0 bridgehead atoms. The molecular weight excluding hydrogens is 1480 g/mol. The van der Waals surface area contributed by atoms with Crippen molar-refractivity contribution < 1.29 is 89.7 Å². The lowest BCUT2D eigenvalue weighted by molar-refractivity contribution is -0.259. The van der Waals surface area contributed by atoms with Gasteiger partial charge in [0.05, 0.1) is 0 Å². The topological polar surface area (TPSA) is 353 Å². The van der Waals surface area contributed by atoms with Crippen LogP contribution in [0, 0.1) is 35.5 Å². The van der Waals surface area contributed by atoms with E-state index in [4.69, 9.17) is 16.4 Å². The van der Waals surface area contributed by atoms with Crippen LogP contribution in [0.15, 0.2) is 85.8 Å². The van der Waals surface area contributed by atoms with Gasteiger partial charge in [0.1, 0.15) is 18.1 Å². The van der Waals surface area contributed by atoms with Crippen LogP contribution in [0.2, 0.25) is 0 Å². The van der Waals surface area contributed by atoms with Gasteiger partial charge in [0, 0.05) is 100 Å². The molecule has 3 aliphatic rings. The number of nitrogens with two attached hydrogens (primary N) is 1. The molecule has 0 aliphatic carbocycles. The number of nitrogens with one attached hydrogen (secondary N) is 3. The van der Waals surface area contributed by atoms with E-state index in [2.05, 4.69) is 87.0 Å². The van der Waals surface area contributed by atoms with Gasteiger partial charge in [-0.2, -0.15) is 48.1 Å². The number of aromatic nitrogens is 6. The first-order chi connectivity index (χ1) is 46.3. The number of alkyl halides is 9. The average Bonchev–Trinajstić information content (AvgIpc) is 1.07. The van der Waals surface area contributed by atoms with Crippen LogP contribution in [-0.4, -0.2) is 187 Å². The molecule has 3 aliphatic heterocycles. The smallest absolute Gasteiger partial charge is 0.376 e.